The van der Waals surface area contributed by atoms with Crippen molar-refractivity contribution in [2.45, 2.75) is 6.92 Å². The lowest BCUT2D eigenvalue weighted by Gasteiger charge is -2.11. The first-order valence-corrected chi connectivity index (χ1v) is 7.58. The molecular weight excluding hydrogens is 302 g/mol. The first-order valence-electron chi connectivity index (χ1n) is 7.58. The zero-order valence-corrected chi connectivity index (χ0v) is 13.5. The predicted octanol–water partition coefficient (Wildman–Crippen LogP) is 4.19. The van der Waals surface area contributed by atoms with Crippen LogP contribution in [0.3, 0.4) is 0 Å². The third-order valence-corrected chi connectivity index (χ3v) is 3.94. The van der Waals surface area contributed by atoms with Crippen LogP contribution in [0, 0.1) is 6.92 Å². The number of benzene rings is 3. The van der Waals surface area contributed by atoms with E-state index in [2.05, 4.69) is 5.32 Å². The van der Waals surface area contributed by atoms with Gasteiger partial charge < -0.3 is 10.1 Å². The summed E-state index contributed by atoms with van der Waals surface area (Å²) in [5.74, 6) is -0.646. The van der Waals surface area contributed by atoms with Gasteiger partial charge in [0, 0.05) is 11.3 Å². The smallest absolute Gasteiger partial charge is 0.337 e. The maximum Gasteiger partial charge on any atom is 0.337 e. The number of amides is 1. The molecule has 0 spiro atoms. The molecule has 0 aromatic heterocycles. The van der Waals surface area contributed by atoms with Gasteiger partial charge in [0.1, 0.15) is 0 Å². The molecule has 3 aromatic carbocycles. The topological polar surface area (TPSA) is 55.4 Å². The minimum Gasteiger partial charge on any atom is -0.465 e. The average Bonchev–Trinajstić information content (AvgIpc) is 2.62. The Labute approximate surface area is 140 Å². The van der Waals surface area contributed by atoms with E-state index < -0.39 is 5.97 Å². The van der Waals surface area contributed by atoms with Crippen LogP contribution in [-0.4, -0.2) is 19.0 Å². The summed E-state index contributed by atoms with van der Waals surface area (Å²) in [7, 11) is 1.33. The zero-order valence-electron chi connectivity index (χ0n) is 13.5. The molecule has 24 heavy (non-hydrogen) atoms. The van der Waals surface area contributed by atoms with Gasteiger partial charge in [-0.2, -0.15) is 0 Å². The minimum absolute atomic E-state index is 0.211. The number of esters is 1. The number of carbonyl (C=O) groups excluding carboxylic acids is 2. The van der Waals surface area contributed by atoms with Crippen molar-refractivity contribution in [2.75, 3.05) is 12.4 Å². The van der Waals surface area contributed by atoms with Gasteiger partial charge in [0.2, 0.25) is 0 Å². The fraction of sp³-hybridized carbons (Fsp3) is 0.100. The molecule has 0 saturated carbocycles. The van der Waals surface area contributed by atoms with Crippen molar-refractivity contribution in [3.8, 4) is 0 Å². The van der Waals surface area contributed by atoms with E-state index >= 15 is 0 Å². The largest absolute Gasteiger partial charge is 0.465 e. The Balaban J connectivity index is 1.96. The van der Waals surface area contributed by atoms with Crippen molar-refractivity contribution in [3.63, 3.8) is 0 Å². The SMILES string of the molecule is COC(=O)c1ccc(C)c(NC(=O)c2cccc3ccccc23)c1. The molecule has 0 radical (unpaired) electrons. The molecule has 1 N–H and O–H groups in total. The molecule has 4 nitrogen and oxygen atoms in total. The number of rotatable bonds is 3. The first-order chi connectivity index (χ1) is 11.6. The number of nitrogens with one attached hydrogen (secondary N) is 1. The summed E-state index contributed by atoms with van der Waals surface area (Å²) >= 11 is 0. The number of ether oxygens (including phenoxy) is 1. The lowest BCUT2D eigenvalue weighted by molar-refractivity contribution is 0.0600. The average molecular weight is 319 g/mol. The van der Waals surface area contributed by atoms with E-state index in [1.807, 2.05) is 43.3 Å². The highest BCUT2D eigenvalue weighted by Crippen LogP contribution is 2.22. The van der Waals surface area contributed by atoms with Crippen molar-refractivity contribution in [1.29, 1.82) is 0 Å². The van der Waals surface area contributed by atoms with Crippen LogP contribution >= 0.6 is 0 Å². The molecule has 0 bridgehead atoms. The van der Waals surface area contributed by atoms with Crippen molar-refractivity contribution in [3.05, 3.63) is 77.4 Å². The van der Waals surface area contributed by atoms with Crippen LogP contribution in [0.5, 0.6) is 0 Å². The van der Waals surface area contributed by atoms with Crippen LogP contribution < -0.4 is 5.32 Å². The van der Waals surface area contributed by atoms with E-state index in [-0.39, 0.29) is 5.91 Å². The minimum atomic E-state index is -0.435. The monoisotopic (exact) mass is 319 g/mol. The van der Waals surface area contributed by atoms with E-state index in [0.29, 0.717) is 16.8 Å². The van der Waals surface area contributed by atoms with Gasteiger partial charge in [0.25, 0.3) is 5.91 Å². The second kappa shape index (κ2) is 6.54. The van der Waals surface area contributed by atoms with Crippen molar-refractivity contribution >= 4 is 28.3 Å². The molecule has 0 aliphatic heterocycles. The fourth-order valence-electron chi connectivity index (χ4n) is 2.61. The summed E-state index contributed by atoms with van der Waals surface area (Å²) in [6.45, 7) is 1.87. The van der Waals surface area contributed by atoms with E-state index in [1.165, 1.54) is 7.11 Å². The lowest BCUT2D eigenvalue weighted by atomic mass is 10.0. The molecule has 0 aliphatic rings. The maximum atomic E-state index is 12.7. The Kier molecular flexibility index (Phi) is 4.29. The molecule has 0 saturated heterocycles. The highest BCUT2D eigenvalue weighted by molar-refractivity contribution is 6.13. The van der Waals surface area contributed by atoms with Gasteiger partial charge in [-0.3, -0.25) is 4.79 Å². The van der Waals surface area contributed by atoms with Crippen LogP contribution in [0.1, 0.15) is 26.3 Å². The van der Waals surface area contributed by atoms with E-state index in [0.717, 1.165) is 16.3 Å². The summed E-state index contributed by atoms with van der Waals surface area (Å²) in [5, 5.41) is 4.78. The molecule has 1 amide bonds. The number of hydrogen-bond donors (Lipinski definition) is 1. The Bertz CT molecular complexity index is 926. The van der Waals surface area contributed by atoms with Gasteiger partial charge in [-0.1, -0.05) is 42.5 Å². The third-order valence-electron chi connectivity index (χ3n) is 3.94. The van der Waals surface area contributed by atoms with Gasteiger partial charge in [-0.15, -0.1) is 0 Å². The molecule has 0 unspecified atom stereocenters. The van der Waals surface area contributed by atoms with Crippen LogP contribution in [0.25, 0.3) is 10.8 Å². The molecule has 0 heterocycles. The van der Waals surface area contributed by atoms with Gasteiger partial charge >= 0.3 is 5.97 Å². The summed E-state index contributed by atoms with van der Waals surface area (Å²) in [6.07, 6.45) is 0. The number of aryl methyl sites for hydroxylation is 1. The summed E-state index contributed by atoms with van der Waals surface area (Å²) in [4.78, 5) is 24.4. The molecule has 120 valence electrons. The lowest BCUT2D eigenvalue weighted by Crippen LogP contribution is -2.14. The number of anilines is 1. The van der Waals surface area contributed by atoms with E-state index in [9.17, 15) is 9.59 Å². The van der Waals surface area contributed by atoms with Crippen molar-refractivity contribution in [1.82, 2.24) is 0 Å². The predicted molar refractivity (Wildman–Crippen MR) is 94.4 cm³/mol. The Morgan fingerprint density at radius 2 is 1.71 bits per heavy atom. The number of hydrogen-bond acceptors (Lipinski definition) is 3. The summed E-state index contributed by atoms with van der Waals surface area (Å²) in [6, 6.07) is 18.4. The molecule has 0 aliphatic carbocycles. The van der Waals surface area contributed by atoms with Crippen molar-refractivity contribution in [2.24, 2.45) is 0 Å². The van der Waals surface area contributed by atoms with Crippen LogP contribution in [0.4, 0.5) is 5.69 Å². The highest BCUT2D eigenvalue weighted by Gasteiger charge is 2.13. The Hall–Kier alpha value is -3.14. The van der Waals surface area contributed by atoms with Gasteiger partial charge in [-0.05, 0) is 41.5 Å². The van der Waals surface area contributed by atoms with E-state index in [4.69, 9.17) is 4.74 Å². The standard InChI is InChI=1S/C20H17NO3/c1-13-10-11-15(20(23)24-2)12-18(13)21-19(22)17-9-5-7-14-6-3-4-8-16(14)17/h3-12H,1-2H3,(H,21,22). The van der Waals surface area contributed by atoms with Crippen molar-refractivity contribution < 1.29 is 14.3 Å². The Morgan fingerprint density at radius 1 is 0.958 bits per heavy atom. The quantitative estimate of drug-likeness (QED) is 0.737. The maximum absolute atomic E-state index is 12.7. The number of carbonyl (C=O) groups is 2. The van der Waals surface area contributed by atoms with Gasteiger partial charge in [0.15, 0.2) is 0 Å². The molecule has 3 rings (SSSR count). The fourth-order valence-corrected chi connectivity index (χ4v) is 2.61. The normalized spacial score (nSPS) is 10.4. The molecule has 4 heteroatoms. The van der Waals surface area contributed by atoms with Gasteiger partial charge in [-0.25, -0.2) is 4.79 Å². The highest BCUT2D eigenvalue weighted by atomic mass is 16.5. The Morgan fingerprint density at radius 3 is 2.50 bits per heavy atom. The van der Waals surface area contributed by atoms with Crippen LogP contribution in [-0.2, 0) is 4.74 Å². The molecule has 0 fully saturated rings. The zero-order chi connectivity index (χ0) is 17.1. The molecule has 0 atom stereocenters. The van der Waals surface area contributed by atoms with Crippen LogP contribution in [0.2, 0.25) is 0 Å². The van der Waals surface area contributed by atoms with E-state index in [1.54, 1.807) is 24.3 Å². The molecule has 3 aromatic rings. The van der Waals surface area contributed by atoms with Crippen LogP contribution in [0.15, 0.2) is 60.7 Å². The van der Waals surface area contributed by atoms with Gasteiger partial charge in [0.05, 0.1) is 12.7 Å². The number of methoxy groups -OCH3 is 1. The summed E-state index contributed by atoms with van der Waals surface area (Å²) < 4.78 is 4.73. The number of fused-ring (bicyclic) bond motifs is 1. The molecular formula is C20H17NO3. The summed E-state index contributed by atoms with van der Waals surface area (Å²) in [5.41, 5.74) is 2.46. The third kappa shape index (κ3) is 2.99. The second-order valence-electron chi connectivity index (χ2n) is 5.50. The first kappa shape index (κ1) is 15.7. The second-order valence-corrected chi connectivity index (χ2v) is 5.50.